The molecular formula is C24H27N5O2. The van der Waals surface area contributed by atoms with Crippen molar-refractivity contribution in [2.75, 3.05) is 18.4 Å². The Labute approximate surface area is 182 Å². The number of carbonyl (C=O) groups excluding carboxylic acids is 2. The largest absolute Gasteiger partial charge is 0.343 e. The van der Waals surface area contributed by atoms with Crippen LogP contribution in [0.5, 0.6) is 0 Å². The van der Waals surface area contributed by atoms with Gasteiger partial charge in [-0.2, -0.15) is 5.10 Å². The van der Waals surface area contributed by atoms with Crippen LogP contribution in [0.4, 0.5) is 5.69 Å². The van der Waals surface area contributed by atoms with E-state index in [1.807, 2.05) is 59.5 Å². The van der Waals surface area contributed by atoms with Crippen LogP contribution in [0.25, 0.3) is 0 Å². The molecule has 4 rings (SSSR count). The molecule has 160 valence electrons. The topological polar surface area (TPSA) is 80.1 Å². The van der Waals surface area contributed by atoms with E-state index in [9.17, 15) is 9.59 Å². The number of carbonyl (C=O) groups is 2. The van der Waals surface area contributed by atoms with Crippen LogP contribution in [0.3, 0.4) is 0 Å². The van der Waals surface area contributed by atoms with Crippen LogP contribution in [0.15, 0.2) is 67.3 Å². The molecule has 0 aliphatic carbocycles. The molecule has 1 saturated heterocycles. The second-order valence-electron chi connectivity index (χ2n) is 7.92. The highest BCUT2D eigenvalue weighted by Gasteiger charge is 2.27. The SMILES string of the molecule is O=C(Nc1cccc(Cn2cncn2)c1)C1CCN(C(=O)CCc2ccccc2)CC1. The number of likely N-dealkylation sites (tertiary alicyclic amines) is 1. The number of aryl methyl sites for hydroxylation is 1. The van der Waals surface area contributed by atoms with Crippen molar-refractivity contribution in [1.29, 1.82) is 0 Å². The molecule has 2 heterocycles. The Morgan fingerprint density at radius 1 is 1.00 bits per heavy atom. The Hall–Kier alpha value is -3.48. The summed E-state index contributed by atoms with van der Waals surface area (Å²) in [6, 6.07) is 17.8. The van der Waals surface area contributed by atoms with Gasteiger partial charge < -0.3 is 10.2 Å². The van der Waals surface area contributed by atoms with Crippen molar-refractivity contribution in [2.24, 2.45) is 5.92 Å². The summed E-state index contributed by atoms with van der Waals surface area (Å²) < 4.78 is 1.74. The molecule has 0 bridgehead atoms. The van der Waals surface area contributed by atoms with E-state index in [1.165, 1.54) is 11.9 Å². The average Bonchev–Trinajstić information content (AvgIpc) is 3.31. The van der Waals surface area contributed by atoms with Gasteiger partial charge in [0.05, 0.1) is 6.54 Å². The van der Waals surface area contributed by atoms with Gasteiger partial charge in [0.15, 0.2) is 0 Å². The molecule has 7 heteroatoms. The standard InChI is InChI=1S/C24H27N5O2/c30-23(10-9-19-5-2-1-3-6-19)28-13-11-21(12-14-28)24(31)27-22-8-4-7-20(15-22)16-29-18-25-17-26-29/h1-8,15,17-18,21H,9-14,16H2,(H,27,31). The number of hydrogen-bond acceptors (Lipinski definition) is 4. The molecule has 1 aliphatic rings. The number of anilines is 1. The van der Waals surface area contributed by atoms with Gasteiger partial charge in [-0.3, -0.25) is 9.59 Å². The van der Waals surface area contributed by atoms with Gasteiger partial charge in [0.2, 0.25) is 11.8 Å². The van der Waals surface area contributed by atoms with Crippen LogP contribution in [0.2, 0.25) is 0 Å². The van der Waals surface area contributed by atoms with Crippen LogP contribution in [0, 0.1) is 5.92 Å². The molecule has 7 nitrogen and oxygen atoms in total. The van der Waals surface area contributed by atoms with Gasteiger partial charge in [0, 0.05) is 31.1 Å². The molecule has 0 atom stereocenters. The smallest absolute Gasteiger partial charge is 0.227 e. The zero-order valence-corrected chi connectivity index (χ0v) is 17.5. The highest BCUT2D eigenvalue weighted by Crippen LogP contribution is 2.21. The third kappa shape index (κ3) is 5.78. The van der Waals surface area contributed by atoms with Crippen LogP contribution >= 0.6 is 0 Å². The van der Waals surface area contributed by atoms with Crippen molar-refractivity contribution in [2.45, 2.75) is 32.2 Å². The summed E-state index contributed by atoms with van der Waals surface area (Å²) >= 11 is 0. The van der Waals surface area contributed by atoms with E-state index in [-0.39, 0.29) is 17.7 Å². The van der Waals surface area contributed by atoms with E-state index < -0.39 is 0 Å². The fraction of sp³-hybridized carbons (Fsp3) is 0.333. The normalized spacial score (nSPS) is 14.4. The van der Waals surface area contributed by atoms with Crippen LogP contribution in [0.1, 0.15) is 30.4 Å². The quantitative estimate of drug-likeness (QED) is 0.640. The predicted molar refractivity (Wildman–Crippen MR) is 118 cm³/mol. The van der Waals surface area contributed by atoms with E-state index in [4.69, 9.17) is 0 Å². The maximum absolute atomic E-state index is 12.7. The molecular weight excluding hydrogens is 390 g/mol. The van der Waals surface area contributed by atoms with Gasteiger partial charge in [-0.15, -0.1) is 0 Å². The summed E-state index contributed by atoms with van der Waals surface area (Å²) in [5, 5.41) is 7.15. The number of aromatic nitrogens is 3. The van der Waals surface area contributed by atoms with Crippen LogP contribution < -0.4 is 5.32 Å². The van der Waals surface area contributed by atoms with Crippen molar-refractivity contribution in [3.63, 3.8) is 0 Å². The predicted octanol–water partition coefficient (Wildman–Crippen LogP) is 3.14. The third-order valence-corrected chi connectivity index (χ3v) is 5.69. The number of nitrogens with zero attached hydrogens (tertiary/aromatic N) is 4. The maximum Gasteiger partial charge on any atom is 0.227 e. The zero-order chi connectivity index (χ0) is 21.5. The number of rotatable bonds is 7. The zero-order valence-electron chi connectivity index (χ0n) is 17.5. The monoisotopic (exact) mass is 417 g/mol. The summed E-state index contributed by atoms with van der Waals surface area (Å²) in [7, 11) is 0. The molecule has 1 N–H and O–H groups in total. The van der Waals surface area contributed by atoms with Gasteiger partial charge in [-0.05, 0) is 42.5 Å². The minimum absolute atomic E-state index is 0.0225. The molecule has 0 saturated carbocycles. The van der Waals surface area contributed by atoms with Crippen LogP contribution in [-0.2, 0) is 22.6 Å². The summed E-state index contributed by atoms with van der Waals surface area (Å²) in [4.78, 5) is 31.1. The fourth-order valence-electron chi connectivity index (χ4n) is 3.94. The Kier molecular flexibility index (Phi) is 6.72. The Balaban J connectivity index is 1.24. The Morgan fingerprint density at radius 2 is 1.77 bits per heavy atom. The number of hydrogen-bond donors (Lipinski definition) is 1. The summed E-state index contributed by atoms with van der Waals surface area (Å²) in [6.45, 7) is 1.88. The van der Waals surface area contributed by atoms with Crippen molar-refractivity contribution in [1.82, 2.24) is 19.7 Å². The van der Waals surface area contributed by atoms with E-state index in [2.05, 4.69) is 15.4 Å². The van der Waals surface area contributed by atoms with E-state index >= 15 is 0 Å². The third-order valence-electron chi connectivity index (χ3n) is 5.69. The average molecular weight is 418 g/mol. The summed E-state index contributed by atoms with van der Waals surface area (Å²) in [6.07, 6.45) is 5.83. The van der Waals surface area contributed by atoms with Crippen LogP contribution in [-0.4, -0.2) is 44.6 Å². The molecule has 1 aliphatic heterocycles. The van der Waals surface area contributed by atoms with Gasteiger partial charge in [0.25, 0.3) is 0 Å². The molecule has 31 heavy (non-hydrogen) atoms. The van der Waals surface area contributed by atoms with Gasteiger partial charge in [-0.1, -0.05) is 42.5 Å². The van der Waals surface area contributed by atoms with E-state index in [0.717, 1.165) is 17.7 Å². The lowest BCUT2D eigenvalue weighted by molar-refractivity contribution is -0.134. The van der Waals surface area contributed by atoms with Gasteiger partial charge in [0.1, 0.15) is 12.7 Å². The molecule has 0 unspecified atom stereocenters. The molecule has 0 radical (unpaired) electrons. The molecule has 1 fully saturated rings. The highest BCUT2D eigenvalue weighted by atomic mass is 16.2. The second-order valence-corrected chi connectivity index (χ2v) is 7.92. The number of piperidine rings is 1. The molecule has 1 aromatic heterocycles. The minimum atomic E-state index is -0.0721. The summed E-state index contributed by atoms with van der Waals surface area (Å²) in [5.74, 6) is 0.120. The lowest BCUT2D eigenvalue weighted by atomic mass is 9.95. The highest BCUT2D eigenvalue weighted by molar-refractivity contribution is 5.92. The Bertz CT molecular complexity index is 996. The van der Waals surface area contributed by atoms with Gasteiger partial charge >= 0.3 is 0 Å². The van der Waals surface area contributed by atoms with Crippen molar-refractivity contribution < 1.29 is 9.59 Å². The first-order chi connectivity index (χ1) is 15.2. The maximum atomic E-state index is 12.7. The van der Waals surface area contributed by atoms with Crippen molar-refractivity contribution in [3.05, 3.63) is 78.4 Å². The minimum Gasteiger partial charge on any atom is -0.343 e. The number of benzene rings is 2. The lowest BCUT2D eigenvalue weighted by Gasteiger charge is -2.31. The fourth-order valence-corrected chi connectivity index (χ4v) is 3.94. The summed E-state index contributed by atoms with van der Waals surface area (Å²) in [5.41, 5.74) is 3.00. The first-order valence-electron chi connectivity index (χ1n) is 10.7. The second kappa shape index (κ2) is 10.0. The Morgan fingerprint density at radius 3 is 2.52 bits per heavy atom. The van der Waals surface area contributed by atoms with Crippen molar-refractivity contribution in [3.8, 4) is 0 Å². The lowest BCUT2D eigenvalue weighted by Crippen LogP contribution is -2.41. The molecule has 3 aromatic rings. The van der Waals surface area contributed by atoms with E-state index in [1.54, 1.807) is 11.0 Å². The van der Waals surface area contributed by atoms with E-state index in [0.29, 0.717) is 38.9 Å². The molecule has 2 amide bonds. The first-order valence-corrected chi connectivity index (χ1v) is 10.7. The molecule has 0 spiro atoms. The first kappa shape index (κ1) is 20.8. The number of nitrogens with one attached hydrogen (secondary N) is 1. The molecule has 2 aromatic carbocycles. The van der Waals surface area contributed by atoms with Gasteiger partial charge in [-0.25, -0.2) is 9.67 Å². The van der Waals surface area contributed by atoms with Crippen molar-refractivity contribution >= 4 is 17.5 Å². The number of amides is 2.